The average Bonchev–Trinajstić information content (AvgIpc) is 2.75. The molecule has 0 fully saturated rings. The topological polar surface area (TPSA) is 29.3 Å². The minimum atomic E-state index is 0.147. The van der Waals surface area contributed by atoms with Crippen LogP contribution in [0.1, 0.15) is 31.2 Å². The molecule has 0 spiro atoms. The van der Waals surface area contributed by atoms with Crippen LogP contribution in [0.5, 0.6) is 0 Å². The van der Waals surface area contributed by atoms with Crippen molar-refractivity contribution in [3.8, 4) is 0 Å². The minimum absolute atomic E-state index is 0.147. The molecule has 1 aromatic heterocycles. The molecule has 0 saturated heterocycles. The summed E-state index contributed by atoms with van der Waals surface area (Å²) in [6.45, 7) is 4.39. The molecule has 3 unspecified atom stereocenters. The summed E-state index contributed by atoms with van der Waals surface area (Å²) >= 11 is 9.56. The van der Waals surface area contributed by atoms with E-state index in [2.05, 4.69) is 38.1 Å². The summed E-state index contributed by atoms with van der Waals surface area (Å²) < 4.78 is 0.837. The van der Waals surface area contributed by atoms with Gasteiger partial charge in [-0.15, -0.1) is 11.3 Å². The van der Waals surface area contributed by atoms with Gasteiger partial charge in [-0.1, -0.05) is 18.5 Å². The number of nitrogens with two attached hydrogens (primary N) is 1. The molecule has 1 aromatic rings. The highest BCUT2D eigenvalue weighted by Gasteiger charge is 2.27. The van der Waals surface area contributed by atoms with Gasteiger partial charge in [0.2, 0.25) is 0 Å². The normalized spacial score (nSPS) is 16.8. The van der Waals surface area contributed by atoms with Crippen LogP contribution in [0.3, 0.4) is 0 Å². The lowest BCUT2D eigenvalue weighted by Gasteiger charge is -2.35. The highest BCUT2D eigenvalue weighted by molar-refractivity contribution is 7.98. The summed E-state index contributed by atoms with van der Waals surface area (Å²) in [5.74, 6) is 1.11. The number of hydrogen-bond donors (Lipinski definition) is 1. The van der Waals surface area contributed by atoms with Crippen molar-refractivity contribution in [2.24, 2.45) is 5.73 Å². The first-order valence-electron chi connectivity index (χ1n) is 6.22. The first-order valence-corrected chi connectivity index (χ1v) is 8.81. The van der Waals surface area contributed by atoms with Crippen LogP contribution >= 0.6 is 34.7 Å². The Morgan fingerprint density at radius 1 is 1.50 bits per heavy atom. The van der Waals surface area contributed by atoms with Crippen molar-refractivity contribution in [1.29, 1.82) is 0 Å². The lowest BCUT2D eigenvalue weighted by Crippen LogP contribution is -2.43. The first kappa shape index (κ1) is 16.3. The number of nitrogens with zero attached hydrogens (tertiary/aromatic N) is 1. The van der Waals surface area contributed by atoms with Crippen molar-refractivity contribution in [2.45, 2.75) is 38.4 Å². The molecule has 0 aromatic carbocycles. The molecule has 0 aliphatic heterocycles. The predicted molar refractivity (Wildman–Crippen MR) is 85.9 cm³/mol. The van der Waals surface area contributed by atoms with Crippen molar-refractivity contribution in [2.75, 3.05) is 19.1 Å². The van der Waals surface area contributed by atoms with Crippen LogP contribution in [0.2, 0.25) is 4.34 Å². The van der Waals surface area contributed by atoms with E-state index in [-0.39, 0.29) is 12.1 Å². The van der Waals surface area contributed by atoms with Crippen LogP contribution in [0.25, 0.3) is 0 Å². The molecule has 18 heavy (non-hydrogen) atoms. The molecule has 1 heterocycles. The summed E-state index contributed by atoms with van der Waals surface area (Å²) in [4.78, 5) is 3.65. The maximum Gasteiger partial charge on any atom is 0.0931 e. The molecule has 0 saturated carbocycles. The summed E-state index contributed by atoms with van der Waals surface area (Å²) in [7, 11) is 2.16. The number of likely N-dealkylation sites (N-methyl/N-ethyl adjacent to an activating group) is 1. The number of halogens is 1. The summed E-state index contributed by atoms with van der Waals surface area (Å²) in [6, 6.07) is 4.98. The highest BCUT2D eigenvalue weighted by atomic mass is 35.5. The van der Waals surface area contributed by atoms with Crippen LogP contribution < -0.4 is 5.73 Å². The van der Waals surface area contributed by atoms with E-state index in [1.807, 2.05) is 17.8 Å². The molecule has 2 N–H and O–H groups in total. The van der Waals surface area contributed by atoms with E-state index in [4.69, 9.17) is 17.3 Å². The number of hydrogen-bond acceptors (Lipinski definition) is 4. The SMILES string of the molecule is CCC(N)C(c1ccc(Cl)s1)N(C)C(C)CSC. The molecule has 0 aliphatic carbocycles. The molecule has 1 rings (SSSR count). The fourth-order valence-corrected chi connectivity index (χ4v) is 4.06. The third kappa shape index (κ3) is 4.14. The Labute approximate surface area is 124 Å². The van der Waals surface area contributed by atoms with Crippen LogP contribution in [-0.2, 0) is 0 Å². The average molecular weight is 307 g/mol. The zero-order chi connectivity index (χ0) is 13.7. The third-order valence-electron chi connectivity index (χ3n) is 3.30. The van der Waals surface area contributed by atoms with Gasteiger partial charge in [0.05, 0.1) is 10.4 Å². The maximum atomic E-state index is 6.31. The minimum Gasteiger partial charge on any atom is -0.326 e. The molecule has 2 nitrogen and oxygen atoms in total. The zero-order valence-corrected chi connectivity index (χ0v) is 13.9. The van der Waals surface area contributed by atoms with Gasteiger partial charge in [0, 0.05) is 22.7 Å². The smallest absolute Gasteiger partial charge is 0.0931 e. The Kier molecular flexibility index (Phi) is 7.03. The quantitative estimate of drug-likeness (QED) is 0.829. The second-order valence-electron chi connectivity index (χ2n) is 4.63. The van der Waals surface area contributed by atoms with Crippen LogP contribution in [0.15, 0.2) is 12.1 Å². The van der Waals surface area contributed by atoms with E-state index in [0.29, 0.717) is 6.04 Å². The van der Waals surface area contributed by atoms with Crippen molar-refractivity contribution < 1.29 is 0 Å². The molecular weight excluding hydrogens is 284 g/mol. The van der Waals surface area contributed by atoms with Crippen molar-refractivity contribution in [1.82, 2.24) is 4.90 Å². The fraction of sp³-hybridized carbons (Fsp3) is 0.692. The molecule has 0 radical (unpaired) electrons. The van der Waals surface area contributed by atoms with Crippen molar-refractivity contribution in [3.63, 3.8) is 0 Å². The Bertz CT molecular complexity index is 357. The lowest BCUT2D eigenvalue weighted by atomic mass is 10.0. The van der Waals surface area contributed by atoms with Gasteiger partial charge in [-0.3, -0.25) is 4.90 Å². The monoisotopic (exact) mass is 306 g/mol. The summed E-state index contributed by atoms with van der Waals surface area (Å²) in [6.07, 6.45) is 3.11. The third-order valence-corrected chi connectivity index (χ3v) is 5.42. The van der Waals surface area contributed by atoms with Gasteiger partial charge < -0.3 is 5.73 Å². The van der Waals surface area contributed by atoms with E-state index >= 15 is 0 Å². The van der Waals surface area contributed by atoms with Crippen LogP contribution in [0, 0.1) is 0 Å². The second kappa shape index (κ2) is 7.75. The van der Waals surface area contributed by atoms with Crippen molar-refractivity contribution in [3.05, 3.63) is 21.3 Å². The molecule has 104 valence electrons. The van der Waals surface area contributed by atoms with E-state index in [1.165, 1.54) is 4.88 Å². The van der Waals surface area contributed by atoms with Gasteiger partial charge in [0.25, 0.3) is 0 Å². The number of thioether (sulfide) groups is 1. The Morgan fingerprint density at radius 3 is 2.61 bits per heavy atom. The number of rotatable bonds is 7. The lowest BCUT2D eigenvalue weighted by molar-refractivity contribution is 0.174. The first-order chi connectivity index (χ1) is 8.51. The predicted octanol–water partition coefficient (Wildman–Crippen LogP) is 3.86. The van der Waals surface area contributed by atoms with Crippen LogP contribution in [0.4, 0.5) is 0 Å². The zero-order valence-electron chi connectivity index (χ0n) is 11.5. The van der Waals surface area contributed by atoms with E-state index in [9.17, 15) is 0 Å². The summed E-state index contributed by atoms with van der Waals surface area (Å²) in [5.41, 5.74) is 6.31. The maximum absolute atomic E-state index is 6.31. The molecule has 3 atom stereocenters. The largest absolute Gasteiger partial charge is 0.326 e. The van der Waals surface area contributed by atoms with Gasteiger partial charge in [-0.05, 0) is 38.8 Å². The standard InChI is InChI=1S/C13H23ClN2S2/c1-5-10(15)13(11-6-7-12(14)18-11)16(3)9(2)8-17-4/h6-7,9-10,13H,5,8,15H2,1-4H3. The van der Waals surface area contributed by atoms with Gasteiger partial charge >= 0.3 is 0 Å². The van der Waals surface area contributed by atoms with Gasteiger partial charge in [0.15, 0.2) is 0 Å². The molecule has 0 aliphatic rings. The summed E-state index contributed by atoms with van der Waals surface area (Å²) in [5, 5.41) is 0. The Hall–Kier alpha value is 0.260. The fourth-order valence-electron chi connectivity index (χ4n) is 2.06. The van der Waals surface area contributed by atoms with Crippen LogP contribution in [-0.4, -0.2) is 36.0 Å². The van der Waals surface area contributed by atoms with E-state index in [0.717, 1.165) is 16.5 Å². The van der Waals surface area contributed by atoms with Crippen molar-refractivity contribution >= 4 is 34.7 Å². The van der Waals surface area contributed by atoms with E-state index < -0.39 is 0 Å². The Morgan fingerprint density at radius 2 is 2.17 bits per heavy atom. The second-order valence-corrected chi connectivity index (χ2v) is 7.29. The molecule has 0 amide bonds. The van der Waals surface area contributed by atoms with Gasteiger partial charge in [-0.2, -0.15) is 11.8 Å². The van der Waals surface area contributed by atoms with Gasteiger partial charge in [0.1, 0.15) is 0 Å². The van der Waals surface area contributed by atoms with Gasteiger partial charge in [-0.25, -0.2) is 0 Å². The highest BCUT2D eigenvalue weighted by Crippen LogP contribution is 2.33. The number of thiophene rings is 1. The molecule has 5 heteroatoms. The van der Waals surface area contributed by atoms with E-state index in [1.54, 1.807) is 11.3 Å². The molecular formula is C13H23ClN2S2. The molecule has 0 bridgehead atoms. The Balaban J connectivity index is 2.91.